The van der Waals surface area contributed by atoms with Crippen LogP contribution in [0.1, 0.15) is 17.8 Å². The number of aryl methyl sites for hydroxylation is 1. The summed E-state index contributed by atoms with van der Waals surface area (Å²) in [7, 11) is 0. The maximum atomic E-state index is 5.85. The standard InChI is InChI=1S/C19H20ClN3O2S/c1-14-5-2-3-6-17(14)24-11-4-12-26-19-21-18(22-23-19)13-25-16-9-7-15(20)8-10-16/h2-3,5-10H,4,11-13H2,1H3,(H,21,22,23). The quantitative estimate of drug-likeness (QED) is 0.416. The predicted molar refractivity (Wildman–Crippen MR) is 104 cm³/mol. The number of halogens is 1. The van der Waals surface area contributed by atoms with Crippen LogP contribution in [-0.2, 0) is 6.61 Å². The minimum atomic E-state index is 0.339. The van der Waals surface area contributed by atoms with Gasteiger partial charge in [0, 0.05) is 10.8 Å². The first kappa shape index (κ1) is 18.6. The number of rotatable bonds is 9. The summed E-state index contributed by atoms with van der Waals surface area (Å²) in [5, 5.41) is 8.50. The van der Waals surface area contributed by atoms with Crippen LogP contribution in [0.25, 0.3) is 0 Å². The number of aromatic amines is 1. The Morgan fingerprint density at radius 1 is 1.08 bits per heavy atom. The number of nitrogens with one attached hydrogen (secondary N) is 1. The molecule has 26 heavy (non-hydrogen) atoms. The number of H-pyrrole nitrogens is 1. The smallest absolute Gasteiger partial charge is 0.208 e. The molecule has 1 aromatic heterocycles. The fourth-order valence-electron chi connectivity index (χ4n) is 2.21. The number of aromatic nitrogens is 3. The van der Waals surface area contributed by atoms with Gasteiger partial charge in [-0.1, -0.05) is 41.6 Å². The van der Waals surface area contributed by atoms with Gasteiger partial charge in [-0.3, -0.25) is 5.10 Å². The van der Waals surface area contributed by atoms with Gasteiger partial charge in [-0.15, -0.1) is 5.10 Å². The predicted octanol–water partition coefficient (Wildman–Crippen LogP) is 4.91. The van der Waals surface area contributed by atoms with E-state index >= 15 is 0 Å². The molecule has 0 aliphatic carbocycles. The molecule has 1 N–H and O–H groups in total. The highest BCUT2D eigenvalue weighted by Gasteiger charge is 2.05. The van der Waals surface area contributed by atoms with Gasteiger partial charge in [-0.25, -0.2) is 4.98 Å². The lowest BCUT2D eigenvalue weighted by molar-refractivity contribution is 0.296. The lowest BCUT2D eigenvalue weighted by atomic mass is 10.2. The van der Waals surface area contributed by atoms with Crippen molar-refractivity contribution in [3.8, 4) is 11.5 Å². The molecule has 0 amide bonds. The highest BCUT2D eigenvalue weighted by atomic mass is 35.5. The van der Waals surface area contributed by atoms with Crippen LogP contribution in [0.5, 0.6) is 11.5 Å². The van der Waals surface area contributed by atoms with E-state index in [1.165, 1.54) is 0 Å². The van der Waals surface area contributed by atoms with Crippen molar-refractivity contribution < 1.29 is 9.47 Å². The van der Waals surface area contributed by atoms with Crippen LogP contribution in [0.4, 0.5) is 0 Å². The lowest BCUT2D eigenvalue weighted by Crippen LogP contribution is -2.00. The second-order valence-electron chi connectivity index (χ2n) is 5.62. The number of hydrogen-bond acceptors (Lipinski definition) is 5. The van der Waals surface area contributed by atoms with Crippen LogP contribution < -0.4 is 9.47 Å². The topological polar surface area (TPSA) is 60.0 Å². The van der Waals surface area contributed by atoms with Gasteiger partial charge in [0.05, 0.1) is 6.61 Å². The van der Waals surface area contributed by atoms with Crippen molar-refractivity contribution in [2.45, 2.75) is 25.1 Å². The molecule has 0 saturated carbocycles. The first-order valence-corrected chi connectivity index (χ1v) is 9.68. The number of benzene rings is 2. The molecule has 3 aromatic rings. The van der Waals surface area contributed by atoms with Crippen molar-refractivity contribution in [1.29, 1.82) is 0 Å². The van der Waals surface area contributed by atoms with E-state index < -0.39 is 0 Å². The summed E-state index contributed by atoms with van der Waals surface area (Å²) >= 11 is 7.45. The zero-order valence-electron chi connectivity index (χ0n) is 14.4. The molecular weight excluding hydrogens is 370 g/mol. The minimum absolute atomic E-state index is 0.339. The van der Waals surface area contributed by atoms with Crippen molar-refractivity contribution in [2.75, 3.05) is 12.4 Å². The molecule has 5 nitrogen and oxygen atoms in total. The van der Waals surface area contributed by atoms with Crippen LogP contribution in [0.2, 0.25) is 5.02 Å². The van der Waals surface area contributed by atoms with Gasteiger partial charge in [-0.05, 0) is 49.2 Å². The number of ether oxygens (including phenoxy) is 2. The van der Waals surface area contributed by atoms with E-state index in [2.05, 4.69) is 15.2 Å². The van der Waals surface area contributed by atoms with Gasteiger partial charge in [0.1, 0.15) is 18.1 Å². The Bertz CT molecular complexity index is 824. The molecule has 0 atom stereocenters. The number of para-hydroxylation sites is 1. The van der Waals surface area contributed by atoms with Crippen LogP contribution in [0.3, 0.4) is 0 Å². The lowest BCUT2D eigenvalue weighted by Gasteiger charge is -2.07. The van der Waals surface area contributed by atoms with Gasteiger partial charge in [0.15, 0.2) is 5.82 Å². The third-order valence-electron chi connectivity index (χ3n) is 3.57. The molecule has 3 rings (SSSR count). The van der Waals surface area contributed by atoms with Crippen LogP contribution >= 0.6 is 23.4 Å². The third kappa shape index (κ3) is 5.68. The fraction of sp³-hybridized carbons (Fsp3) is 0.263. The highest BCUT2D eigenvalue weighted by Crippen LogP contribution is 2.19. The SMILES string of the molecule is Cc1ccccc1OCCCSc1n[nH]c(COc2ccc(Cl)cc2)n1. The summed E-state index contributed by atoms with van der Waals surface area (Å²) in [6.07, 6.45) is 0.921. The van der Waals surface area contributed by atoms with E-state index in [-0.39, 0.29) is 0 Å². The summed E-state index contributed by atoms with van der Waals surface area (Å²) in [5.41, 5.74) is 1.15. The first-order chi connectivity index (χ1) is 12.7. The van der Waals surface area contributed by atoms with Gasteiger partial charge in [-0.2, -0.15) is 0 Å². The molecule has 0 aliphatic rings. The summed E-state index contributed by atoms with van der Waals surface area (Å²) in [6.45, 7) is 3.06. The van der Waals surface area contributed by atoms with Crippen LogP contribution in [-0.4, -0.2) is 27.5 Å². The molecule has 0 fully saturated rings. The second-order valence-corrected chi connectivity index (χ2v) is 7.12. The maximum absolute atomic E-state index is 5.85. The Morgan fingerprint density at radius 3 is 2.69 bits per heavy atom. The fourth-order valence-corrected chi connectivity index (χ4v) is 3.07. The number of thioether (sulfide) groups is 1. The van der Waals surface area contributed by atoms with E-state index in [0.717, 1.165) is 34.4 Å². The van der Waals surface area contributed by atoms with Gasteiger partial charge in [0.2, 0.25) is 5.16 Å². The Kier molecular flexibility index (Phi) is 6.80. The average Bonchev–Trinajstić information content (AvgIpc) is 3.10. The molecule has 2 aromatic carbocycles. The van der Waals surface area contributed by atoms with Crippen LogP contribution in [0.15, 0.2) is 53.7 Å². The van der Waals surface area contributed by atoms with Crippen molar-refractivity contribution in [3.63, 3.8) is 0 Å². The largest absolute Gasteiger partial charge is 0.493 e. The normalized spacial score (nSPS) is 10.7. The molecular formula is C19H20ClN3O2S. The van der Waals surface area contributed by atoms with Crippen molar-refractivity contribution in [1.82, 2.24) is 15.2 Å². The Labute approximate surface area is 162 Å². The Balaban J connectivity index is 1.36. The summed E-state index contributed by atoms with van der Waals surface area (Å²) < 4.78 is 11.4. The number of hydrogen-bond donors (Lipinski definition) is 1. The van der Waals surface area contributed by atoms with E-state index in [1.807, 2.05) is 43.3 Å². The van der Waals surface area contributed by atoms with Gasteiger partial charge in [0.25, 0.3) is 0 Å². The summed E-state index contributed by atoms with van der Waals surface area (Å²) in [6, 6.07) is 15.3. The number of nitrogens with zero attached hydrogens (tertiary/aromatic N) is 2. The van der Waals surface area contributed by atoms with E-state index in [1.54, 1.807) is 23.9 Å². The second kappa shape index (κ2) is 9.50. The summed E-state index contributed by atoms with van der Waals surface area (Å²) in [4.78, 5) is 4.42. The molecule has 0 unspecified atom stereocenters. The van der Waals surface area contributed by atoms with E-state index in [0.29, 0.717) is 24.1 Å². The Morgan fingerprint density at radius 2 is 1.88 bits per heavy atom. The maximum Gasteiger partial charge on any atom is 0.208 e. The minimum Gasteiger partial charge on any atom is -0.493 e. The van der Waals surface area contributed by atoms with Gasteiger partial charge < -0.3 is 9.47 Å². The zero-order valence-corrected chi connectivity index (χ0v) is 16.0. The first-order valence-electron chi connectivity index (χ1n) is 8.31. The molecule has 0 aliphatic heterocycles. The molecule has 1 heterocycles. The van der Waals surface area contributed by atoms with Gasteiger partial charge >= 0.3 is 0 Å². The Hall–Kier alpha value is -2.18. The van der Waals surface area contributed by atoms with Crippen molar-refractivity contribution in [3.05, 3.63) is 64.9 Å². The van der Waals surface area contributed by atoms with Crippen LogP contribution in [0, 0.1) is 6.92 Å². The molecule has 0 saturated heterocycles. The molecule has 0 radical (unpaired) electrons. The highest BCUT2D eigenvalue weighted by molar-refractivity contribution is 7.99. The van der Waals surface area contributed by atoms with E-state index in [4.69, 9.17) is 21.1 Å². The van der Waals surface area contributed by atoms with Crippen molar-refractivity contribution >= 4 is 23.4 Å². The molecule has 0 spiro atoms. The van der Waals surface area contributed by atoms with E-state index in [9.17, 15) is 0 Å². The zero-order chi connectivity index (χ0) is 18.2. The molecule has 7 heteroatoms. The monoisotopic (exact) mass is 389 g/mol. The third-order valence-corrected chi connectivity index (χ3v) is 4.76. The molecule has 136 valence electrons. The molecule has 0 bridgehead atoms. The summed E-state index contributed by atoms with van der Waals surface area (Å²) in [5.74, 6) is 3.27. The van der Waals surface area contributed by atoms with Crippen molar-refractivity contribution in [2.24, 2.45) is 0 Å². The average molecular weight is 390 g/mol.